The summed E-state index contributed by atoms with van der Waals surface area (Å²) in [4.78, 5) is 0. The zero-order chi connectivity index (χ0) is 20.7. The molecule has 7 rings (SSSR count). The number of rotatable bonds is 5. The predicted octanol–water partition coefficient (Wildman–Crippen LogP) is 4.13. The van der Waals surface area contributed by atoms with Gasteiger partial charge in [-0.15, -0.1) is 6.42 Å². The lowest BCUT2D eigenvalue weighted by atomic mass is 9.31. The SMILES string of the molecule is C#CCOCC1CC23CCC1(OC)C1Oc4c(OC)ccc5c4C12CCC(C)C3C5. The van der Waals surface area contributed by atoms with Crippen LogP contribution in [-0.4, -0.2) is 39.1 Å². The first kappa shape index (κ1) is 19.0. The van der Waals surface area contributed by atoms with Gasteiger partial charge in [-0.05, 0) is 67.4 Å². The van der Waals surface area contributed by atoms with Crippen LogP contribution in [0.5, 0.6) is 11.5 Å². The van der Waals surface area contributed by atoms with Crippen molar-refractivity contribution in [3.05, 3.63) is 23.3 Å². The van der Waals surface area contributed by atoms with E-state index in [9.17, 15) is 0 Å². The topological polar surface area (TPSA) is 36.9 Å². The minimum absolute atomic E-state index is 0.0253. The molecule has 0 radical (unpaired) electrons. The lowest BCUT2D eigenvalue weighted by Crippen LogP contribution is -2.78. The molecule has 30 heavy (non-hydrogen) atoms. The summed E-state index contributed by atoms with van der Waals surface area (Å²) in [7, 11) is 3.63. The van der Waals surface area contributed by atoms with Crippen molar-refractivity contribution in [1.29, 1.82) is 0 Å². The molecule has 0 aromatic heterocycles. The van der Waals surface area contributed by atoms with E-state index >= 15 is 0 Å². The van der Waals surface area contributed by atoms with Gasteiger partial charge in [0.2, 0.25) is 0 Å². The molecule has 7 unspecified atom stereocenters. The summed E-state index contributed by atoms with van der Waals surface area (Å²) in [5.74, 6) is 6.21. The minimum atomic E-state index is -0.333. The molecule has 0 saturated heterocycles. The highest BCUT2D eigenvalue weighted by molar-refractivity contribution is 5.63. The van der Waals surface area contributed by atoms with Crippen LogP contribution < -0.4 is 9.47 Å². The minimum Gasteiger partial charge on any atom is -0.493 e. The van der Waals surface area contributed by atoms with Gasteiger partial charge in [0, 0.05) is 24.0 Å². The van der Waals surface area contributed by atoms with E-state index in [1.54, 1.807) is 7.11 Å². The molecule has 1 aromatic carbocycles. The number of hydrogen-bond donors (Lipinski definition) is 0. The Morgan fingerprint density at radius 3 is 2.87 bits per heavy atom. The molecule has 6 aliphatic rings. The molecule has 1 heterocycles. The van der Waals surface area contributed by atoms with Crippen LogP contribution in [0.25, 0.3) is 0 Å². The molecule has 0 N–H and O–H groups in total. The number of methoxy groups -OCH3 is 2. The van der Waals surface area contributed by atoms with Crippen LogP contribution in [0.1, 0.15) is 50.2 Å². The Hall–Kier alpha value is -1.70. The summed E-state index contributed by atoms with van der Waals surface area (Å²) in [5, 5.41) is 0. The third-order valence-corrected chi connectivity index (χ3v) is 9.87. The van der Waals surface area contributed by atoms with Gasteiger partial charge in [0.05, 0.1) is 13.7 Å². The van der Waals surface area contributed by atoms with Crippen LogP contribution in [-0.2, 0) is 21.3 Å². The van der Waals surface area contributed by atoms with Crippen molar-refractivity contribution in [3.63, 3.8) is 0 Å². The molecule has 4 saturated carbocycles. The van der Waals surface area contributed by atoms with Gasteiger partial charge in [0.25, 0.3) is 0 Å². The van der Waals surface area contributed by atoms with E-state index in [1.165, 1.54) is 30.4 Å². The number of ether oxygens (including phenoxy) is 4. The van der Waals surface area contributed by atoms with Gasteiger partial charge in [0.15, 0.2) is 11.5 Å². The molecular formula is C26H32O4. The van der Waals surface area contributed by atoms with E-state index in [4.69, 9.17) is 25.4 Å². The van der Waals surface area contributed by atoms with Crippen molar-refractivity contribution in [3.8, 4) is 23.8 Å². The maximum absolute atomic E-state index is 6.95. The molecule has 4 bridgehead atoms. The van der Waals surface area contributed by atoms with Gasteiger partial charge in [0.1, 0.15) is 18.3 Å². The van der Waals surface area contributed by atoms with E-state index in [0.717, 1.165) is 36.7 Å². The molecular weight excluding hydrogens is 376 g/mol. The Bertz CT molecular complexity index is 934. The van der Waals surface area contributed by atoms with Crippen LogP contribution in [0.15, 0.2) is 12.1 Å². The van der Waals surface area contributed by atoms with Gasteiger partial charge < -0.3 is 18.9 Å². The summed E-state index contributed by atoms with van der Waals surface area (Å²) in [6.07, 6.45) is 12.5. The van der Waals surface area contributed by atoms with Gasteiger partial charge in [-0.3, -0.25) is 0 Å². The van der Waals surface area contributed by atoms with Crippen LogP contribution in [0.4, 0.5) is 0 Å². The Morgan fingerprint density at radius 1 is 1.23 bits per heavy atom. The molecule has 1 aliphatic heterocycles. The maximum Gasteiger partial charge on any atom is 0.165 e. The molecule has 4 heteroatoms. The molecule has 0 amide bonds. The third-order valence-electron chi connectivity index (χ3n) is 9.87. The zero-order valence-electron chi connectivity index (χ0n) is 18.3. The Balaban J connectivity index is 1.58. The molecule has 5 aliphatic carbocycles. The lowest BCUT2D eigenvalue weighted by Gasteiger charge is -2.73. The van der Waals surface area contributed by atoms with Gasteiger partial charge >= 0.3 is 0 Å². The maximum atomic E-state index is 6.95. The summed E-state index contributed by atoms with van der Waals surface area (Å²) in [6.45, 7) is 3.48. The zero-order valence-corrected chi connectivity index (χ0v) is 18.3. The fourth-order valence-electron chi connectivity index (χ4n) is 8.85. The first-order valence-electron chi connectivity index (χ1n) is 11.5. The van der Waals surface area contributed by atoms with E-state index < -0.39 is 0 Å². The molecule has 160 valence electrons. The van der Waals surface area contributed by atoms with Crippen molar-refractivity contribution in [2.24, 2.45) is 23.2 Å². The fourth-order valence-corrected chi connectivity index (χ4v) is 8.85. The number of benzene rings is 1. The van der Waals surface area contributed by atoms with Crippen molar-refractivity contribution in [2.75, 3.05) is 27.4 Å². The van der Waals surface area contributed by atoms with E-state index in [1.807, 2.05) is 7.11 Å². The first-order chi connectivity index (χ1) is 14.6. The highest BCUT2D eigenvalue weighted by Crippen LogP contribution is 2.78. The third kappa shape index (κ3) is 1.89. The van der Waals surface area contributed by atoms with Crippen LogP contribution in [0.2, 0.25) is 0 Å². The largest absolute Gasteiger partial charge is 0.493 e. The second kappa shape index (κ2) is 6.17. The number of hydrogen-bond acceptors (Lipinski definition) is 4. The molecule has 7 atom stereocenters. The second-order valence-corrected chi connectivity index (χ2v) is 10.4. The van der Waals surface area contributed by atoms with Crippen molar-refractivity contribution >= 4 is 0 Å². The van der Waals surface area contributed by atoms with E-state index in [2.05, 4.69) is 25.0 Å². The van der Waals surface area contributed by atoms with Crippen molar-refractivity contribution in [2.45, 2.75) is 62.6 Å². The molecule has 2 spiro atoms. The van der Waals surface area contributed by atoms with Crippen LogP contribution in [0, 0.1) is 35.5 Å². The Morgan fingerprint density at radius 2 is 2.10 bits per heavy atom. The smallest absolute Gasteiger partial charge is 0.165 e. The molecule has 4 fully saturated rings. The van der Waals surface area contributed by atoms with Crippen molar-refractivity contribution in [1.82, 2.24) is 0 Å². The average molecular weight is 409 g/mol. The monoisotopic (exact) mass is 408 g/mol. The highest BCUT2D eigenvalue weighted by atomic mass is 16.6. The summed E-state index contributed by atoms with van der Waals surface area (Å²) in [6, 6.07) is 4.41. The van der Waals surface area contributed by atoms with Crippen LogP contribution in [0.3, 0.4) is 0 Å². The summed E-state index contributed by atoms with van der Waals surface area (Å²) in [5.41, 5.74) is 2.90. The summed E-state index contributed by atoms with van der Waals surface area (Å²) >= 11 is 0. The fraction of sp³-hybridized carbons (Fsp3) is 0.692. The van der Waals surface area contributed by atoms with Crippen molar-refractivity contribution < 1.29 is 18.9 Å². The normalized spacial score (nSPS) is 44.2. The second-order valence-electron chi connectivity index (χ2n) is 10.4. The summed E-state index contributed by atoms with van der Waals surface area (Å²) < 4.78 is 25.1. The average Bonchev–Trinajstić information content (AvgIpc) is 3.13. The van der Waals surface area contributed by atoms with Gasteiger partial charge in [-0.1, -0.05) is 18.9 Å². The highest BCUT2D eigenvalue weighted by Gasteiger charge is 2.80. The Labute approximate surface area is 179 Å². The van der Waals surface area contributed by atoms with Gasteiger partial charge in [-0.25, -0.2) is 0 Å². The predicted molar refractivity (Wildman–Crippen MR) is 114 cm³/mol. The first-order valence-corrected chi connectivity index (χ1v) is 11.5. The van der Waals surface area contributed by atoms with E-state index in [-0.39, 0.29) is 22.5 Å². The molecule has 1 aromatic rings. The van der Waals surface area contributed by atoms with E-state index in [0.29, 0.717) is 25.0 Å². The Kier molecular flexibility index (Phi) is 3.91. The van der Waals surface area contributed by atoms with Crippen LogP contribution >= 0.6 is 0 Å². The standard InChI is InChI=1S/C26H32O4/c1-5-12-29-15-18-14-24-10-11-26(18,28-4)23-25(24)9-8-16(2)19(24)13-17-6-7-20(27-3)22(30-23)21(17)25/h1,6-7,16,18-19,23H,8-15H2,2-4H3. The number of fused-ring (bicyclic) bond motifs is 2. The number of terminal acetylenes is 1. The quantitative estimate of drug-likeness (QED) is 0.542. The van der Waals surface area contributed by atoms with Gasteiger partial charge in [-0.2, -0.15) is 0 Å². The molecule has 4 nitrogen and oxygen atoms in total. The lowest BCUT2D eigenvalue weighted by molar-refractivity contribution is -0.283.